The molecule has 0 fully saturated rings. The number of unbranched alkanes of at least 4 members (excludes halogenated alkanes) is 50. The average molecular weight is 1080 g/mol. The average Bonchev–Trinajstić information content (AvgIpc) is 3.43. The van der Waals surface area contributed by atoms with Crippen LogP contribution in [0.5, 0.6) is 0 Å². The number of carbonyl (C=O) groups is 2. The Morgan fingerprint density at radius 1 is 0.364 bits per heavy atom. The first-order chi connectivity index (χ1) is 38.0. The van der Waals surface area contributed by atoms with Gasteiger partial charge >= 0.3 is 5.97 Å². The van der Waals surface area contributed by atoms with Gasteiger partial charge in [0.15, 0.2) is 0 Å². The lowest BCUT2D eigenvalue weighted by atomic mass is 10.0. The Hall–Kier alpha value is -1.92. The van der Waals surface area contributed by atoms with Crippen LogP contribution >= 0.6 is 0 Å². The largest absolute Gasteiger partial charge is 0.466 e. The van der Waals surface area contributed by atoms with Gasteiger partial charge in [0.1, 0.15) is 0 Å². The minimum Gasteiger partial charge on any atom is -0.466 e. The molecule has 0 rings (SSSR count). The number of esters is 1. The van der Waals surface area contributed by atoms with Crippen molar-refractivity contribution in [3.8, 4) is 0 Å². The predicted octanol–water partition coefficient (Wildman–Crippen LogP) is 22.3. The molecule has 0 aliphatic heterocycles. The van der Waals surface area contributed by atoms with Crippen LogP contribution in [0.4, 0.5) is 0 Å². The van der Waals surface area contributed by atoms with Gasteiger partial charge in [-0.2, -0.15) is 0 Å². The first kappa shape index (κ1) is 75.1. The summed E-state index contributed by atoms with van der Waals surface area (Å²) < 4.78 is 5.48. The van der Waals surface area contributed by atoms with E-state index in [1.54, 1.807) is 6.08 Å². The number of allylic oxidation sites excluding steroid dienone is 5. The van der Waals surface area contributed by atoms with Crippen molar-refractivity contribution < 1.29 is 24.5 Å². The number of hydrogen-bond donors (Lipinski definition) is 3. The fraction of sp³-hybridized carbons (Fsp3) is 0.887. The molecule has 0 aromatic carbocycles. The molecule has 0 aromatic rings. The first-order valence-electron chi connectivity index (χ1n) is 34.8. The van der Waals surface area contributed by atoms with Crippen LogP contribution in [0.2, 0.25) is 0 Å². The van der Waals surface area contributed by atoms with Crippen molar-refractivity contribution in [3.05, 3.63) is 36.5 Å². The number of amides is 1. The van der Waals surface area contributed by atoms with Gasteiger partial charge in [0.2, 0.25) is 5.91 Å². The van der Waals surface area contributed by atoms with Gasteiger partial charge in [0.05, 0.1) is 25.4 Å². The van der Waals surface area contributed by atoms with Crippen molar-refractivity contribution in [1.82, 2.24) is 5.32 Å². The number of hydrogen-bond acceptors (Lipinski definition) is 5. The number of carbonyl (C=O) groups excluding carboxylic acids is 2. The Labute approximate surface area is 481 Å². The van der Waals surface area contributed by atoms with Gasteiger partial charge in [-0.15, -0.1) is 0 Å². The van der Waals surface area contributed by atoms with Crippen LogP contribution in [0.1, 0.15) is 380 Å². The molecular weight excluding hydrogens is 947 g/mol. The van der Waals surface area contributed by atoms with E-state index >= 15 is 0 Å². The second-order valence-corrected chi connectivity index (χ2v) is 23.9. The number of nitrogens with one attached hydrogen (secondary N) is 1. The van der Waals surface area contributed by atoms with Crippen LogP contribution in [0, 0.1) is 0 Å². The number of ether oxygens (including phenoxy) is 1. The molecule has 0 aliphatic rings. The van der Waals surface area contributed by atoms with Gasteiger partial charge in [-0.25, -0.2) is 0 Å². The zero-order valence-electron chi connectivity index (χ0n) is 52.0. The Balaban J connectivity index is 3.34. The molecule has 0 spiro atoms. The van der Waals surface area contributed by atoms with Crippen LogP contribution in [-0.4, -0.2) is 47.4 Å². The summed E-state index contributed by atoms with van der Waals surface area (Å²) in [5.74, 6) is -0.0457. The first-order valence-corrected chi connectivity index (χ1v) is 34.8. The highest BCUT2D eigenvalue weighted by Crippen LogP contribution is 2.18. The maximum atomic E-state index is 12.4. The summed E-state index contributed by atoms with van der Waals surface area (Å²) in [4.78, 5) is 24.4. The summed E-state index contributed by atoms with van der Waals surface area (Å²) in [6, 6.07) is -0.623. The van der Waals surface area contributed by atoms with E-state index in [9.17, 15) is 19.8 Å². The normalized spacial score (nSPS) is 12.7. The molecule has 1 amide bonds. The third kappa shape index (κ3) is 63.1. The second kappa shape index (κ2) is 66.6. The molecule has 2 atom stereocenters. The van der Waals surface area contributed by atoms with E-state index in [1.807, 2.05) is 6.08 Å². The molecule has 0 saturated heterocycles. The zero-order chi connectivity index (χ0) is 55.7. The third-order valence-electron chi connectivity index (χ3n) is 16.2. The fourth-order valence-corrected chi connectivity index (χ4v) is 10.8. The number of aliphatic hydroxyl groups excluding tert-OH is 2. The van der Waals surface area contributed by atoms with Crippen molar-refractivity contribution in [2.45, 2.75) is 392 Å². The third-order valence-corrected chi connectivity index (χ3v) is 16.2. The maximum absolute atomic E-state index is 12.4. The number of aliphatic hydroxyl groups is 2. The summed E-state index contributed by atoms with van der Waals surface area (Å²) in [5.41, 5.74) is 0. The molecule has 454 valence electrons. The van der Waals surface area contributed by atoms with Gasteiger partial charge < -0.3 is 20.3 Å². The molecule has 3 N–H and O–H groups in total. The van der Waals surface area contributed by atoms with Gasteiger partial charge in [-0.3, -0.25) is 9.59 Å². The molecule has 0 aliphatic carbocycles. The van der Waals surface area contributed by atoms with Crippen molar-refractivity contribution in [2.24, 2.45) is 0 Å². The molecule has 0 heterocycles. The smallest absolute Gasteiger partial charge is 0.305 e. The van der Waals surface area contributed by atoms with Crippen LogP contribution in [-0.2, 0) is 14.3 Å². The van der Waals surface area contributed by atoms with Crippen LogP contribution in [0.15, 0.2) is 36.5 Å². The van der Waals surface area contributed by atoms with Crippen molar-refractivity contribution >= 4 is 11.9 Å². The lowest BCUT2D eigenvalue weighted by Crippen LogP contribution is -2.45. The molecule has 0 bridgehead atoms. The van der Waals surface area contributed by atoms with E-state index in [4.69, 9.17) is 4.74 Å². The molecule has 0 aromatic heterocycles. The van der Waals surface area contributed by atoms with E-state index in [1.165, 1.54) is 308 Å². The molecule has 6 nitrogen and oxygen atoms in total. The molecule has 77 heavy (non-hydrogen) atoms. The molecule has 0 saturated carbocycles. The second-order valence-electron chi connectivity index (χ2n) is 23.9. The predicted molar refractivity (Wildman–Crippen MR) is 338 cm³/mol. The minimum atomic E-state index is -0.840. The summed E-state index contributed by atoms with van der Waals surface area (Å²) in [7, 11) is 0. The zero-order valence-corrected chi connectivity index (χ0v) is 52.0. The summed E-state index contributed by atoms with van der Waals surface area (Å²) in [5, 5.41) is 23.0. The Morgan fingerprint density at radius 3 is 0.987 bits per heavy atom. The van der Waals surface area contributed by atoms with Crippen molar-refractivity contribution in [1.29, 1.82) is 0 Å². The highest BCUT2D eigenvalue weighted by Gasteiger charge is 2.18. The van der Waals surface area contributed by atoms with E-state index in [-0.39, 0.29) is 18.5 Å². The van der Waals surface area contributed by atoms with Crippen molar-refractivity contribution in [2.75, 3.05) is 13.2 Å². The van der Waals surface area contributed by atoms with Gasteiger partial charge in [0, 0.05) is 12.8 Å². The van der Waals surface area contributed by atoms with E-state index < -0.39 is 12.1 Å². The maximum Gasteiger partial charge on any atom is 0.305 e. The SMILES string of the molecule is CCCCCCCCCC/C=C/C(O)C(CO)NC(=O)CCCCCCCCCCCCCCCCCCC/C=C\C/C=C\CCCCCCCCCCCCCCCCCOC(=O)CCCCCCCCCCCCC. The number of rotatable bonds is 65. The molecule has 6 heteroatoms. The van der Waals surface area contributed by atoms with E-state index in [2.05, 4.69) is 43.5 Å². The quantitative estimate of drug-likeness (QED) is 0.0320. The molecular formula is C71H135NO5. The molecule has 0 radical (unpaired) electrons. The summed E-state index contributed by atoms with van der Waals surface area (Å²) >= 11 is 0. The summed E-state index contributed by atoms with van der Waals surface area (Å²) in [6.07, 6.45) is 85.4. The lowest BCUT2D eigenvalue weighted by Gasteiger charge is -2.20. The van der Waals surface area contributed by atoms with Crippen LogP contribution in [0.25, 0.3) is 0 Å². The monoisotopic (exact) mass is 1080 g/mol. The highest BCUT2D eigenvalue weighted by atomic mass is 16.5. The van der Waals surface area contributed by atoms with Gasteiger partial charge in [0.25, 0.3) is 0 Å². The Kier molecular flexibility index (Phi) is 64.9. The summed E-state index contributed by atoms with van der Waals surface area (Å²) in [6.45, 7) is 4.90. The fourth-order valence-electron chi connectivity index (χ4n) is 10.8. The van der Waals surface area contributed by atoms with E-state index in [0.29, 0.717) is 19.4 Å². The Bertz CT molecular complexity index is 1250. The van der Waals surface area contributed by atoms with Gasteiger partial charge in [-0.05, 0) is 64.2 Å². The van der Waals surface area contributed by atoms with Crippen molar-refractivity contribution in [3.63, 3.8) is 0 Å². The van der Waals surface area contributed by atoms with E-state index in [0.717, 1.165) is 44.9 Å². The van der Waals surface area contributed by atoms with Gasteiger partial charge in [-0.1, -0.05) is 339 Å². The van der Waals surface area contributed by atoms with Crippen LogP contribution < -0.4 is 5.32 Å². The van der Waals surface area contributed by atoms with Crippen LogP contribution in [0.3, 0.4) is 0 Å². The standard InChI is InChI=1S/C71H135NO5/c1-3-5-7-9-11-13-44-49-53-57-61-65-71(76)77-66-62-58-54-50-46-43-41-39-37-35-33-31-29-27-25-23-21-19-17-15-16-18-20-22-24-26-28-30-32-34-36-38-40-42-45-48-52-56-60-64-70(75)72-68(67-73)69(74)63-59-55-51-47-14-12-10-8-6-4-2/h15-16,19,21,59,63,68-69,73-74H,3-14,17-18,20,22-58,60-62,64-67H2,1-2H3,(H,72,75)/b16-15-,21-19-,63-59+. The Morgan fingerprint density at radius 2 is 0.649 bits per heavy atom. The molecule has 2 unspecified atom stereocenters. The lowest BCUT2D eigenvalue weighted by molar-refractivity contribution is -0.143. The topological polar surface area (TPSA) is 95.9 Å². The highest BCUT2D eigenvalue weighted by molar-refractivity contribution is 5.76. The minimum absolute atomic E-state index is 0.0200.